The van der Waals surface area contributed by atoms with E-state index in [2.05, 4.69) is 134 Å². The highest BCUT2D eigenvalue weighted by molar-refractivity contribution is 7.80. The highest BCUT2D eigenvalue weighted by Crippen LogP contribution is 2.48. The number of hydrogen-bond acceptors (Lipinski definition) is 2. The maximum atomic E-state index is 14.6. The van der Waals surface area contributed by atoms with E-state index in [1.807, 2.05) is 36.4 Å². The van der Waals surface area contributed by atoms with Gasteiger partial charge in [-0.2, -0.15) is 12.6 Å². The van der Waals surface area contributed by atoms with Gasteiger partial charge in [-0.1, -0.05) is 151 Å². The zero-order chi connectivity index (χ0) is 27.1. The number of amides is 1. The van der Waals surface area contributed by atoms with E-state index in [0.29, 0.717) is 12.2 Å². The van der Waals surface area contributed by atoms with Crippen LogP contribution in [0.3, 0.4) is 0 Å². The summed E-state index contributed by atoms with van der Waals surface area (Å²) in [6.07, 6.45) is 0.312. The monoisotopic (exact) mass is 527 g/mol. The third-order valence-corrected chi connectivity index (χ3v) is 7.52. The van der Waals surface area contributed by atoms with Gasteiger partial charge in [-0.25, -0.2) is 0 Å². The van der Waals surface area contributed by atoms with E-state index in [1.54, 1.807) is 0 Å². The highest BCUT2D eigenvalue weighted by atomic mass is 32.1. The van der Waals surface area contributed by atoms with Gasteiger partial charge in [0, 0.05) is 6.42 Å². The molecular weight excluding hydrogens is 494 g/mol. The molecule has 0 saturated heterocycles. The molecule has 0 aromatic heterocycles. The standard InChI is InChI=1S/C36H33NOS/c1-28-22-24-30(25-23-28)35(29-14-6-2-7-15-29)37(34(38)26-27-39)36(31-16-8-3-9-17-31,32-18-10-4-11-19-32)33-20-12-5-13-21-33/h2-25,35,39H,26-27H2,1H3/t35-/m0/s1. The molecule has 5 rings (SSSR count). The molecule has 0 fully saturated rings. The van der Waals surface area contributed by atoms with Crippen LogP contribution < -0.4 is 0 Å². The van der Waals surface area contributed by atoms with Gasteiger partial charge >= 0.3 is 0 Å². The summed E-state index contributed by atoms with van der Waals surface area (Å²) in [7, 11) is 0. The molecule has 1 amide bonds. The molecule has 0 unspecified atom stereocenters. The second-order valence-electron chi connectivity index (χ2n) is 9.77. The molecule has 0 bridgehead atoms. The summed E-state index contributed by atoms with van der Waals surface area (Å²) in [4.78, 5) is 16.8. The first kappa shape index (κ1) is 26.5. The molecule has 0 aliphatic carbocycles. The number of carbonyl (C=O) groups is 1. The molecular formula is C36H33NOS. The fourth-order valence-corrected chi connectivity index (χ4v) is 5.76. The number of hydrogen-bond donors (Lipinski definition) is 1. The minimum absolute atomic E-state index is 0.0380. The number of aryl methyl sites for hydroxylation is 1. The Morgan fingerprint density at radius 3 is 1.41 bits per heavy atom. The van der Waals surface area contributed by atoms with Crippen molar-refractivity contribution >= 4 is 18.5 Å². The zero-order valence-corrected chi connectivity index (χ0v) is 23.0. The average Bonchev–Trinajstić information content (AvgIpc) is 3.00. The van der Waals surface area contributed by atoms with Crippen molar-refractivity contribution in [2.45, 2.75) is 24.9 Å². The highest BCUT2D eigenvalue weighted by Gasteiger charge is 2.48. The van der Waals surface area contributed by atoms with E-state index in [9.17, 15) is 4.79 Å². The maximum Gasteiger partial charge on any atom is 0.225 e. The molecule has 3 heteroatoms. The summed E-state index contributed by atoms with van der Waals surface area (Å²) < 4.78 is 0. The molecule has 194 valence electrons. The third kappa shape index (κ3) is 5.28. The lowest BCUT2D eigenvalue weighted by atomic mass is 9.73. The molecule has 2 nitrogen and oxygen atoms in total. The summed E-state index contributed by atoms with van der Waals surface area (Å²) in [6.45, 7) is 2.09. The van der Waals surface area contributed by atoms with Gasteiger partial charge in [0.1, 0.15) is 5.54 Å². The van der Waals surface area contributed by atoms with Gasteiger partial charge < -0.3 is 4.90 Å². The molecule has 1 atom stereocenters. The SMILES string of the molecule is Cc1ccc([C@H](c2ccccc2)N(C(=O)CCS)C(c2ccccc2)(c2ccccc2)c2ccccc2)cc1. The van der Waals surface area contributed by atoms with Crippen molar-refractivity contribution in [1.29, 1.82) is 0 Å². The van der Waals surface area contributed by atoms with Gasteiger partial charge in [0.15, 0.2) is 0 Å². The summed E-state index contributed by atoms with van der Waals surface area (Å²) in [5.41, 5.74) is 5.48. The largest absolute Gasteiger partial charge is 0.314 e. The lowest BCUT2D eigenvalue weighted by Gasteiger charge is -2.49. The minimum Gasteiger partial charge on any atom is -0.314 e. The van der Waals surface area contributed by atoms with Crippen molar-refractivity contribution in [2.75, 3.05) is 5.75 Å². The van der Waals surface area contributed by atoms with Crippen LogP contribution in [0.5, 0.6) is 0 Å². The Morgan fingerprint density at radius 2 is 1.00 bits per heavy atom. The van der Waals surface area contributed by atoms with Gasteiger partial charge in [-0.3, -0.25) is 4.79 Å². The van der Waals surface area contributed by atoms with Crippen molar-refractivity contribution in [1.82, 2.24) is 4.90 Å². The second kappa shape index (κ2) is 12.2. The van der Waals surface area contributed by atoms with Crippen molar-refractivity contribution < 1.29 is 4.79 Å². The van der Waals surface area contributed by atoms with Crippen molar-refractivity contribution in [3.05, 3.63) is 179 Å². The number of nitrogens with zero attached hydrogens (tertiary/aromatic N) is 1. The van der Waals surface area contributed by atoms with Crippen LogP contribution >= 0.6 is 12.6 Å². The van der Waals surface area contributed by atoms with Crippen molar-refractivity contribution in [3.8, 4) is 0 Å². The molecule has 39 heavy (non-hydrogen) atoms. The Morgan fingerprint density at radius 1 is 0.615 bits per heavy atom. The lowest BCUT2D eigenvalue weighted by molar-refractivity contribution is -0.137. The van der Waals surface area contributed by atoms with Gasteiger partial charge in [-0.15, -0.1) is 0 Å². The predicted molar refractivity (Wildman–Crippen MR) is 164 cm³/mol. The van der Waals surface area contributed by atoms with Crippen LogP contribution in [0.15, 0.2) is 146 Å². The lowest BCUT2D eigenvalue weighted by Crippen LogP contribution is -2.53. The predicted octanol–water partition coefficient (Wildman–Crippen LogP) is 8.23. The van der Waals surface area contributed by atoms with Crippen LogP contribution in [-0.2, 0) is 10.3 Å². The van der Waals surface area contributed by atoms with Gasteiger partial charge in [-0.05, 0) is 40.5 Å². The Kier molecular flexibility index (Phi) is 8.29. The quantitative estimate of drug-likeness (QED) is 0.151. The molecule has 0 spiro atoms. The molecule has 5 aromatic rings. The first-order chi connectivity index (χ1) is 19.2. The Labute approximate surface area is 237 Å². The van der Waals surface area contributed by atoms with Crippen LogP contribution in [0, 0.1) is 6.92 Å². The molecule has 0 N–H and O–H groups in total. The third-order valence-electron chi connectivity index (χ3n) is 7.30. The van der Waals surface area contributed by atoms with E-state index in [1.165, 1.54) is 5.56 Å². The number of thiol groups is 1. The fraction of sp³-hybridized carbons (Fsp3) is 0.139. The van der Waals surface area contributed by atoms with Crippen LogP contribution in [0.4, 0.5) is 0 Å². The number of carbonyl (C=O) groups excluding carboxylic acids is 1. The second-order valence-corrected chi connectivity index (χ2v) is 10.2. The van der Waals surface area contributed by atoms with Gasteiger partial charge in [0.25, 0.3) is 0 Å². The Balaban J connectivity index is 1.93. The van der Waals surface area contributed by atoms with Crippen molar-refractivity contribution in [2.24, 2.45) is 0 Å². The summed E-state index contributed by atoms with van der Waals surface area (Å²) in [6, 6.07) is 49.8. The topological polar surface area (TPSA) is 20.3 Å². The molecule has 0 heterocycles. The summed E-state index contributed by atoms with van der Waals surface area (Å²) in [5, 5.41) is 0. The van der Waals surface area contributed by atoms with E-state index in [-0.39, 0.29) is 11.9 Å². The van der Waals surface area contributed by atoms with Crippen LogP contribution in [0.1, 0.15) is 45.8 Å². The first-order valence-electron chi connectivity index (χ1n) is 13.4. The van der Waals surface area contributed by atoms with E-state index < -0.39 is 5.54 Å². The summed E-state index contributed by atoms with van der Waals surface area (Å²) in [5.74, 6) is 0.495. The van der Waals surface area contributed by atoms with Gasteiger partial charge in [0.2, 0.25) is 5.91 Å². The smallest absolute Gasteiger partial charge is 0.225 e. The number of rotatable bonds is 9. The van der Waals surface area contributed by atoms with Crippen LogP contribution in [0.25, 0.3) is 0 Å². The average molecular weight is 528 g/mol. The molecule has 0 saturated carbocycles. The number of benzene rings is 5. The molecule has 0 aliphatic rings. The van der Waals surface area contributed by atoms with E-state index in [0.717, 1.165) is 27.8 Å². The fourth-order valence-electron chi connectivity index (χ4n) is 5.57. The van der Waals surface area contributed by atoms with Crippen molar-refractivity contribution in [3.63, 3.8) is 0 Å². The normalized spacial score (nSPS) is 12.1. The van der Waals surface area contributed by atoms with Crippen LogP contribution in [0.2, 0.25) is 0 Å². The van der Waals surface area contributed by atoms with E-state index >= 15 is 0 Å². The Hall–Kier alpha value is -4.08. The first-order valence-corrected chi connectivity index (χ1v) is 14.0. The zero-order valence-electron chi connectivity index (χ0n) is 22.2. The van der Waals surface area contributed by atoms with Crippen LogP contribution in [-0.4, -0.2) is 16.6 Å². The molecule has 0 radical (unpaired) electrons. The van der Waals surface area contributed by atoms with E-state index in [4.69, 9.17) is 0 Å². The molecule has 0 aliphatic heterocycles. The Bertz CT molecular complexity index is 1370. The minimum atomic E-state index is -0.908. The maximum absolute atomic E-state index is 14.6. The summed E-state index contributed by atoms with van der Waals surface area (Å²) >= 11 is 4.52. The molecule has 5 aromatic carbocycles. The van der Waals surface area contributed by atoms with Gasteiger partial charge in [0.05, 0.1) is 6.04 Å².